The number of carboxylic acids is 1. The summed E-state index contributed by atoms with van der Waals surface area (Å²) < 4.78 is 50.5. The molecule has 1 aromatic heterocycles. The Hall–Kier alpha value is -4.35. The molecule has 1 amide bonds. The number of ether oxygens (including phenoxy) is 2. The van der Waals surface area contributed by atoms with Crippen LogP contribution in [0.5, 0.6) is 0 Å². The maximum Gasteiger partial charge on any atom is 0.417 e. The Morgan fingerprint density at radius 1 is 1.11 bits per heavy atom. The Labute approximate surface area is 207 Å². The van der Waals surface area contributed by atoms with Crippen LogP contribution in [0.3, 0.4) is 0 Å². The highest BCUT2D eigenvalue weighted by molar-refractivity contribution is 5.94. The first kappa shape index (κ1) is 25.7. The lowest BCUT2D eigenvalue weighted by Crippen LogP contribution is -2.27. The third kappa shape index (κ3) is 5.90. The number of hydrogen-bond donors (Lipinski definition) is 1. The molecule has 9 nitrogen and oxygen atoms in total. The van der Waals surface area contributed by atoms with Gasteiger partial charge in [-0.05, 0) is 42.5 Å². The van der Waals surface area contributed by atoms with E-state index in [2.05, 4.69) is 4.98 Å². The normalized spacial score (nSPS) is 15.6. The molecule has 2 heterocycles. The van der Waals surface area contributed by atoms with E-state index >= 15 is 0 Å². The number of aromatic amines is 1. The van der Waals surface area contributed by atoms with Crippen LogP contribution in [0, 0.1) is 0 Å². The number of pyridine rings is 1. The van der Waals surface area contributed by atoms with Crippen molar-refractivity contribution in [2.75, 3.05) is 18.1 Å². The number of halogens is 3. The number of nitrogens with one attached hydrogen (secondary N) is 1. The highest BCUT2D eigenvalue weighted by Crippen LogP contribution is 2.36. The molecule has 1 N–H and O–H groups in total. The summed E-state index contributed by atoms with van der Waals surface area (Å²) in [6.07, 6.45) is -6.46. The van der Waals surface area contributed by atoms with Gasteiger partial charge in [0.1, 0.15) is 6.61 Å². The number of carbonyl (C=O) groups is 3. The van der Waals surface area contributed by atoms with Crippen LogP contribution in [0.15, 0.2) is 53.3 Å². The standard InChI is InChI=1S/C25H21F3N2O7/c26-25(27,28)19-5-2-1-4-17(19)20-10-14-8-9-15(11-18(14)23(34)29-20)30-12-16(37-24(30)35)13-36-22(33)7-3-6-21(31)32/h1-2,4-5,8-11,16H,3,6-7,12-13H2,(H,29,34)(H,31,32)/p-1/t16-/m1/s1. The summed E-state index contributed by atoms with van der Waals surface area (Å²) in [5.74, 6) is -1.92. The molecule has 0 saturated carbocycles. The summed E-state index contributed by atoms with van der Waals surface area (Å²) in [5, 5.41) is 10.9. The van der Waals surface area contributed by atoms with Crippen LogP contribution in [0.4, 0.5) is 23.7 Å². The number of hydrogen-bond acceptors (Lipinski definition) is 7. The number of carboxylic acid groups (broad SMARTS) is 1. The Kier molecular flexibility index (Phi) is 7.18. The Bertz CT molecular complexity index is 1420. The molecular formula is C25H20F3N2O7-. The van der Waals surface area contributed by atoms with Crippen molar-refractivity contribution >= 4 is 34.5 Å². The zero-order chi connectivity index (χ0) is 26.7. The molecule has 0 unspecified atom stereocenters. The lowest BCUT2D eigenvalue weighted by molar-refractivity contribution is -0.305. The SMILES string of the molecule is O=C([O-])CCCC(=O)OC[C@H]1CN(c2ccc3cc(-c4ccccc4C(F)(F)F)[nH]c(=O)c3c2)C(=O)O1. The fourth-order valence-corrected chi connectivity index (χ4v) is 3.98. The van der Waals surface area contributed by atoms with E-state index in [-0.39, 0.29) is 49.1 Å². The molecule has 3 aromatic rings. The van der Waals surface area contributed by atoms with Gasteiger partial charge in [-0.2, -0.15) is 13.2 Å². The maximum atomic E-state index is 13.4. The van der Waals surface area contributed by atoms with Gasteiger partial charge < -0.3 is 24.4 Å². The topological polar surface area (TPSA) is 129 Å². The first-order valence-electron chi connectivity index (χ1n) is 11.2. The smallest absolute Gasteiger partial charge is 0.417 e. The van der Waals surface area contributed by atoms with Crippen LogP contribution < -0.4 is 15.6 Å². The predicted molar refractivity (Wildman–Crippen MR) is 122 cm³/mol. The van der Waals surface area contributed by atoms with Gasteiger partial charge in [-0.15, -0.1) is 0 Å². The third-order valence-electron chi connectivity index (χ3n) is 5.73. The largest absolute Gasteiger partial charge is 0.550 e. The first-order chi connectivity index (χ1) is 17.5. The molecular weight excluding hydrogens is 497 g/mol. The van der Waals surface area contributed by atoms with Crippen LogP contribution >= 0.6 is 0 Å². The van der Waals surface area contributed by atoms with Crippen LogP contribution in [-0.2, 0) is 25.2 Å². The van der Waals surface area contributed by atoms with Crippen molar-refractivity contribution < 1.29 is 42.1 Å². The molecule has 1 atom stereocenters. The lowest BCUT2D eigenvalue weighted by Gasteiger charge is -2.15. The molecule has 12 heteroatoms. The molecule has 1 saturated heterocycles. The Balaban J connectivity index is 1.50. The number of fused-ring (bicyclic) bond motifs is 1. The molecule has 0 bridgehead atoms. The second-order valence-electron chi connectivity index (χ2n) is 8.35. The molecule has 194 valence electrons. The number of esters is 1. The summed E-state index contributed by atoms with van der Waals surface area (Å²) in [6.45, 7) is -0.214. The van der Waals surface area contributed by atoms with Gasteiger partial charge in [0.15, 0.2) is 6.10 Å². The minimum atomic E-state index is -4.61. The number of benzene rings is 2. The number of aliphatic carboxylic acids is 1. The number of amides is 1. The van der Waals surface area contributed by atoms with Crippen molar-refractivity contribution in [2.45, 2.75) is 31.5 Å². The van der Waals surface area contributed by atoms with Gasteiger partial charge in [-0.25, -0.2) is 4.79 Å². The van der Waals surface area contributed by atoms with Gasteiger partial charge in [0.25, 0.3) is 5.56 Å². The van der Waals surface area contributed by atoms with Gasteiger partial charge in [0, 0.05) is 34.7 Å². The molecule has 1 aliphatic rings. The highest BCUT2D eigenvalue weighted by Gasteiger charge is 2.35. The number of aromatic nitrogens is 1. The number of alkyl halides is 3. The minimum Gasteiger partial charge on any atom is -0.550 e. The van der Waals surface area contributed by atoms with E-state index in [0.29, 0.717) is 11.1 Å². The highest BCUT2D eigenvalue weighted by atomic mass is 19.4. The third-order valence-corrected chi connectivity index (χ3v) is 5.73. The number of nitrogens with zero attached hydrogens (tertiary/aromatic N) is 1. The molecule has 0 aliphatic carbocycles. The Morgan fingerprint density at radius 3 is 2.59 bits per heavy atom. The van der Waals surface area contributed by atoms with Crippen molar-refractivity contribution in [1.82, 2.24) is 4.98 Å². The van der Waals surface area contributed by atoms with E-state index in [1.165, 1.54) is 47.4 Å². The van der Waals surface area contributed by atoms with Crippen molar-refractivity contribution in [3.63, 3.8) is 0 Å². The second-order valence-corrected chi connectivity index (χ2v) is 8.35. The molecule has 1 aliphatic heterocycles. The summed E-state index contributed by atoms with van der Waals surface area (Å²) >= 11 is 0. The first-order valence-corrected chi connectivity index (χ1v) is 11.2. The van der Waals surface area contributed by atoms with E-state index in [1.807, 2.05) is 0 Å². The van der Waals surface area contributed by atoms with Gasteiger partial charge in [-0.3, -0.25) is 14.5 Å². The average molecular weight is 517 g/mol. The van der Waals surface area contributed by atoms with Gasteiger partial charge in [-0.1, -0.05) is 24.3 Å². The van der Waals surface area contributed by atoms with E-state index in [0.717, 1.165) is 6.07 Å². The maximum absolute atomic E-state index is 13.4. The van der Waals surface area contributed by atoms with Gasteiger partial charge >= 0.3 is 18.2 Å². The summed E-state index contributed by atoms with van der Waals surface area (Å²) in [7, 11) is 0. The van der Waals surface area contributed by atoms with Crippen molar-refractivity contribution in [2.24, 2.45) is 0 Å². The zero-order valence-electron chi connectivity index (χ0n) is 19.2. The lowest BCUT2D eigenvalue weighted by atomic mass is 10.0. The van der Waals surface area contributed by atoms with E-state index < -0.39 is 41.4 Å². The molecule has 4 rings (SSSR count). The number of H-pyrrole nitrogens is 1. The summed E-state index contributed by atoms with van der Waals surface area (Å²) in [4.78, 5) is 51.0. The van der Waals surface area contributed by atoms with Crippen LogP contribution in [0.25, 0.3) is 22.0 Å². The predicted octanol–water partition coefficient (Wildman–Crippen LogP) is 3.00. The number of carbonyl (C=O) groups excluding carboxylic acids is 3. The molecule has 0 spiro atoms. The van der Waals surface area contributed by atoms with Crippen LogP contribution in [0.1, 0.15) is 24.8 Å². The number of cyclic esters (lactones) is 1. The van der Waals surface area contributed by atoms with E-state index in [9.17, 15) is 37.5 Å². The second kappa shape index (κ2) is 10.3. The summed E-state index contributed by atoms with van der Waals surface area (Å²) in [5.41, 5.74) is -1.37. The van der Waals surface area contributed by atoms with Crippen LogP contribution in [0.2, 0.25) is 0 Å². The van der Waals surface area contributed by atoms with Gasteiger partial charge in [0.05, 0.1) is 12.1 Å². The monoisotopic (exact) mass is 517 g/mol. The Morgan fingerprint density at radius 2 is 1.86 bits per heavy atom. The minimum absolute atomic E-state index is 0.000236. The molecule has 37 heavy (non-hydrogen) atoms. The molecule has 1 fully saturated rings. The fraction of sp³-hybridized carbons (Fsp3) is 0.280. The van der Waals surface area contributed by atoms with Gasteiger partial charge in [0.2, 0.25) is 0 Å². The average Bonchev–Trinajstić information content (AvgIpc) is 3.22. The molecule has 2 aromatic carbocycles. The van der Waals surface area contributed by atoms with Crippen molar-refractivity contribution in [1.29, 1.82) is 0 Å². The van der Waals surface area contributed by atoms with E-state index in [4.69, 9.17) is 9.47 Å². The van der Waals surface area contributed by atoms with Crippen LogP contribution in [-0.4, -0.2) is 42.3 Å². The van der Waals surface area contributed by atoms with Crippen molar-refractivity contribution in [3.8, 4) is 11.3 Å². The molecule has 0 radical (unpaired) electrons. The van der Waals surface area contributed by atoms with Crippen molar-refractivity contribution in [3.05, 3.63) is 64.4 Å². The summed E-state index contributed by atoms with van der Waals surface area (Å²) in [6, 6.07) is 10.8. The number of rotatable bonds is 8. The quantitative estimate of drug-likeness (QED) is 0.455. The zero-order valence-corrected chi connectivity index (χ0v) is 19.2. The number of anilines is 1. The fourth-order valence-electron chi connectivity index (χ4n) is 3.98. The van der Waals surface area contributed by atoms with E-state index in [1.54, 1.807) is 0 Å².